The molecule has 2 heterocycles. The molecule has 0 aromatic carbocycles. The van der Waals surface area contributed by atoms with Gasteiger partial charge in [-0.3, -0.25) is 9.63 Å². The van der Waals surface area contributed by atoms with Crippen LogP contribution < -0.4 is 16.1 Å². The van der Waals surface area contributed by atoms with Gasteiger partial charge in [0.05, 0.1) is 6.61 Å². The number of hydroxylamine groups is 1. The van der Waals surface area contributed by atoms with Gasteiger partial charge in [-0.1, -0.05) is 6.92 Å². The van der Waals surface area contributed by atoms with Crippen LogP contribution in [0.4, 0.5) is 0 Å². The van der Waals surface area contributed by atoms with Crippen molar-refractivity contribution >= 4 is 5.91 Å². The molecule has 5 nitrogen and oxygen atoms in total. The molecule has 0 aliphatic carbocycles. The first kappa shape index (κ1) is 9.89. The molecular formula is C9H17N3O2. The van der Waals surface area contributed by atoms with Crippen LogP contribution in [0.5, 0.6) is 0 Å². The summed E-state index contributed by atoms with van der Waals surface area (Å²) in [6, 6.07) is 0.325. The lowest BCUT2D eigenvalue weighted by molar-refractivity contribution is -0.125. The lowest BCUT2D eigenvalue weighted by Gasteiger charge is -2.13. The van der Waals surface area contributed by atoms with E-state index in [2.05, 4.69) is 23.0 Å². The highest BCUT2D eigenvalue weighted by molar-refractivity contribution is 5.82. The summed E-state index contributed by atoms with van der Waals surface area (Å²) in [5.74, 6) is 0.687. The molecule has 0 radical (unpaired) electrons. The van der Waals surface area contributed by atoms with Gasteiger partial charge in [-0.25, -0.2) is 5.48 Å². The first-order chi connectivity index (χ1) is 6.75. The standard InChI is InChI=1S/C9H17N3O2/c1-6-2-7(10-3-6)4-11-8-5-14-12-9(8)13/h6-8,10-11H,2-5H2,1H3,(H,12,13). The summed E-state index contributed by atoms with van der Waals surface area (Å²) in [4.78, 5) is 15.9. The molecule has 80 valence electrons. The van der Waals surface area contributed by atoms with E-state index in [9.17, 15) is 4.79 Å². The minimum atomic E-state index is -0.173. The predicted octanol–water partition coefficient (Wildman–Crippen LogP) is -0.996. The quantitative estimate of drug-likeness (QED) is 0.546. The molecule has 3 N–H and O–H groups in total. The first-order valence-electron chi connectivity index (χ1n) is 5.14. The molecule has 0 aromatic rings. The normalized spacial score (nSPS) is 37.5. The molecule has 0 saturated carbocycles. The summed E-state index contributed by atoms with van der Waals surface area (Å²) in [6.45, 7) is 4.59. The summed E-state index contributed by atoms with van der Waals surface area (Å²) in [5.41, 5.74) is 2.33. The highest BCUT2D eigenvalue weighted by atomic mass is 16.7. The van der Waals surface area contributed by atoms with E-state index in [1.807, 2.05) is 0 Å². The molecule has 0 spiro atoms. The monoisotopic (exact) mass is 199 g/mol. The Morgan fingerprint density at radius 2 is 2.50 bits per heavy atom. The van der Waals surface area contributed by atoms with Crippen molar-refractivity contribution in [3.8, 4) is 0 Å². The van der Waals surface area contributed by atoms with Crippen LogP contribution in [0, 0.1) is 5.92 Å². The molecule has 2 aliphatic rings. The smallest absolute Gasteiger partial charge is 0.263 e. The largest absolute Gasteiger partial charge is 0.312 e. The van der Waals surface area contributed by atoms with Gasteiger partial charge in [-0.05, 0) is 18.9 Å². The van der Waals surface area contributed by atoms with E-state index < -0.39 is 0 Å². The second-order valence-corrected chi connectivity index (χ2v) is 4.18. The maximum Gasteiger partial charge on any atom is 0.263 e. The molecule has 5 heteroatoms. The van der Waals surface area contributed by atoms with Crippen molar-refractivity contribution in [2.75, 3.05) is 19.7 Å². The third kappa shape index (κ3) is 2.23. The Bertz CT molecular complexity index is 222. The van der Waals surface area contributed by atoms with Gasteiger partial charge < -0.3 is 10.6 Å². The SMILES string of the molecule is CC1CNC(CNC2CONC2=O)C1. The van der Waals surface area contributed by atoms with Gasteiger partial charge in [-0.15, -0.1) is 0 Å². The van der Waals surface area contributed by atoms with E-state index in [-0.39, 0.29) is 11.9 Å². The fraction of sp³-hybridized carbons (Fsp3) is 0.889. The van der Waals surface area contributed by atoms with Crippen LogP contribution in [0.25, 0.3) is 0 Å². The predicted molar refractivity (Wildman–Crippen MR) is 51.5 cm³/mol. The molecule has 0 bridgehead atoms. The second kappa shape index (κ2) is 4.25. The highest BCUT2D eigenvalue weighted by Gasteiger charge is 2.27. The number of rotatable bonds is 3. The number of carbonyl (C=O) groups excluding carboxylic acids is 1. The zero-order chi connectivity index (χ0) is 9.97. The van der Waals surface area contributed by atoms with E-state index in [0.29, 0.717) is 12.6 Å². The summed E-state index contributed by atoms with van der Waals surface area (Å²) in [7, 11) is 0. The number of amides is 1. The maximum absolute atomic E-state index is 11.1. The Morgan fingerprint density at radius 1 is 1.64 bits per heavy atom. The second-order valence-electron chi connectivity index (χ2n) is 4.18. The minimum absolute atomic E-state index is 0.0592. The van der Waals surface area contributed by atoms with Crippen LogP contribution in [0.1, 0.15) is 13.3 Å². The van der Waals surface area contributed by atoms with Crippen LogP contribution in [0.2, 0.25) is 0 Å². The maximum atomic E-state index is 11.1. The first-order valence-corrected chi connectivity index (χ1v) is 5.14. The van der Waals surface area contributed by atoms with E-state index >= 15 is 0 Å². The average Bonchev–Trinajstić information content (AvgIpc) is 2.72. The van der Waals surface area contributed by atoms with Gasteiger partial charge in [-0.2, -0.15) is 0 Å². The van der Waals surface area contributed by atoms with Crippen molar-refractivity contribution in [3.63, 3.8) is 0 Å². The number of nitrogens with one attached hydrogen (secondary N) is 3. The molecule has 2 saturated heterocycles. The average molecular weight is 199 g/mol. The van der Waals surface area contributed by atoms with E-state index in [1.54, 1.807) is 0 Å². The van der Waals surface area contributed by atoms with Crippen LogP contribution in [0.15, 0.2) is 0 Å². The summed E-state index contributed by atoms with van der Waals surface area (Å²) in [5, 5.41) is 6.60. The Kier molecular flexibility index (Phi) is 3.00. The highest BCUT2D eigenvalue weighted by Crippen LogP contribution is 2.11. The van der Waals surface area contributed by atoms with Crippen LogP contribution in [-0.4, -0.2) is 37.7 Å². The van der Waals surface area contributed by atoms with Crippen molar-refractivity contribution in [1.82, 2.24) is 16.1 Å². The van der Waals surface area contributed by atoms with Crippen LogP contribution in [0.3, 0.4) is 0 Å². The third-order valence-electron chi connectivity index (χ3n) is 2.79. The zero-order valence-electron chi connectivity index (χ0n) is 8.38. The van der Waals surface area contributed by atoms with Crippen molar-refractivity contribution in [2.24, 2.45) is 5.92 Å². The Morgan fingerprint density at radius 3 is 3.07 bits per heavy atom. The van der Waals surface area contributed by atoms with Crippen molar-refractivity contribution in [2.45, 2.75) is 25.4 Å². The lowest BCUT2D eigenvalue weighted by Crippen LogP contribution is -2.44. The summed E-state index contributed by atoms with van der Waals surface area (Å²) >= 11 is 0. The zero-order valence-corrected chi connectivity index (χ0v) is 8.38. The molecule has 2 fully saturated rings. The van der Waals surface area contributed by atoms with E-state index in [4.69, 9.17) is 4.84 Å². The van der Waals surface area contributed by atoms with Gasteiger partial charge in [0, 0.05) is 12.6 Å². The fourth-order valence-electron chi connectivity index (χ4n) is 1.95. The molecule has 0 aromatic heterocycles. The third-order valence-corrected chi connectivity index (χ3v) is 2.79. The lowest BCUT2D eigenvalue weighted by atomic mass is 10.1. The van der Waals surface area contributed by atoms with Crippen LogP contribution in [-0.2, 0) is 9.63 Å². The topological polar surface area (TPSA) is 62.4 Å². The molecule has 2 aliphatic heterocycles. The molecule has 14 heavy (non-hydrogen) atoms. The van der Waals surface area contributed by atoms with Gasteiger partial charge in [0.1, 0.15) is 6.04 Å². The Hall–Kier alpha value is -0.650. The van der Waals surface area contributed by atoms with E-state index in [1.165, 1.54) is 6.42 Å². The van der Waals surface area contributed by atoms with Gasteiger partial charge in [0.2, 0.25) is 0 Å². The molecule has 3 atom stereocenters. The molecular weight excluding hydrogens is 182 g/mol. The van der Waals surface area contributed by atoms with Crippen molar-refractivity contribution in [1.29, 1.82) is 0 Å². The van der Waals surface area contributed by atoms with E-state index in [0.717, 1.165) is 19.0 Å². The number of carbonyl (C=O) groups is 1. The molecule has 3 unspecified atom stereocenters. The molecule has 2 rings (SSSR count). The van der Waals surface area contributed by atoms with Gasteiger partial charge in [0.25, 0.3) is 5.91 Å². The number of hydrogen-bond donors (Lipinski definition) is 3. The van der Waals surface area contributed by atoms with Crippen molar-refractivity contribution in [3.05, 3.63) is 0 Å². The Balaban J connectivity index is 1.69. The Labute approximate surface area is 83.5 Å². The van der Waals surface area contributed by atoms with Gasteiger partial charge >= 0.3 is 0 Å². The summed E-state index contributed by atoms with van der Waals surface area (Å²) in [6.07, 6.45) is 1.18. The van der Waals surface area contributed by atoms with Crippen LogP contribution >= 0.6 is 0 Å². The van der Waals surface area contributed by atoms with Gasteiger partial charge in [0.15, 0.2) is 0 Å². The number of hydrogen-bond acceptors (Lipinski definition) is 4. The fourth-order valence-corrected chi connectivity index (χ4v) is 1.95. The summed E-state index contributed by atoms with van der Waals surface area (Å²) < 4.78 is 0. The van der Waals surface area contributed by atoms with Crippen molar-refractivity contribution < 1.29 is 9.63 Å². The molecule has 1 amide bonds. The minimum Gasteiger partial charge on any atom is -0.312 e.